The number of piperidine rings is 1. The highest BCUT2D eigenvalue weighted by molar-refractivity contribution is 6.00. The Morgan fingerprint density at radius 1 is 1.09 bits per heavy atom. The lowest BCUT2D eigenvalue weighted by molar-refractivity contribution is 0.0285. The summed E-state index contributed by atoms with van der Waals surface area (Å²) in [6.07, 6.45) is 3.83. The van der Waals surface area contributed by atoms with E-state index >= 15 is 0 Å². The Morgan fingerprint density at radius 3 is 2.59 bits per heavy atom. The van der Waals surface area contributed by atoms with E-state index in [1.165, 1.54) is 6.33 Å². The van der Waals surface area contributed by atoms with Gasteiger partial charge in [-0.25, -0.2) is 14.6 Å². The first-order valence-corrected chi connectivity index (χ1v) is 11.8. The zero-order chi connectivity index (χ0) is 23.9. The number of nitrogen functional groups attached to an aromatic ring is 1. The molecule has 0 bridgehead atoms. The number of aliphatic hydroxyl groups is 1. The van der Waals surface area contributed by atoms with E-state index in [9.17, 15) is 5.11 Å². The fourth-order valence-corrected chi connectivity index (χ4v) is 4.57. The van der Waals surface area contributed by atoms with Gasteiger partial charge in [0.2, 0.25) is 0 Å². The minimum atomic E-state index is -0.881. The van der Waals surface area contributed by atoms with Crippen LogP contribution >= 0.6 is 0 Å². The van der Waals surface area contributed by atoms with Gasteiger partial charge < -0.3 is 20.5 Å². The highest BCUT2D eigenvalue weighted by Gasteiger charge is 2.22. The molecule has 8 heteroatoms. The van der Waals surface area contributed by atoms with Crippen molar-refractivity contribution in [2.75, 3.05) is 32.5 Å². The van der Waals surface area contributed by atoms with E-state index in [-0.39, 0.29) is 6.61 Å². The molecule has 0 radical (unpaired) electrons. The molecular weight excluding hydrogens is 428 g/mol. The Balaban J connectivity index is 1.48. The van der Waals surface area contributed by atoms with Crippen LogP contribution in [-0.2, 0) is 6.54 Å². The molecule has 1 aliphatic heterocycles. The number of hydrogen-bond donors (Lipinski definition) is 2. The summed E-state index contributed by atoms with van der Waals surface area (Å²) in [7, 11) is 2.17. The molecule has 0 atom stereocenters. The van der Waals surface area contributed by atoms with Crippen LogP contribution in [0.25, 0.3) is 33.1 Å². The van der Waals surface area contributed by atoms with Gasteiger partial charge in [0.1, 0.15) is 30.2 Å². The zero-order valence-electron chi connectivity index (χ0n) is 20.0. The molecular formula is C26H32N6O2. The number of anilines is 1. The van der Waals surface area contributed by atoms with Crippen LogP contribution in [0.3, 0.4) is 0 Å². The third kappa shape index (κ3) is 4.69. The van der Waals surface area contributed by atoms with Crippen LogP contribution in [0.1, 0.15) is 26.7 Å². The molecule has 3 N–H and O–H groups in total. The molecule has 8 nitrogen and oxygen atoms in total. The molecule has 4 aromatic rings. The van der Waals surface area contributed by atoms with Crippen LogP contribution in [-0.4, -0.2) is 62.1 Å². The number of fused-ring (bicyclic) bond motifs is 2. The average Bonchev–Trinajstić information content (AvgIpc) is 3.18. The lowest BCUT2D eigenvalue weighted by atomic mass is 9.97. The third-order valence-corrected chi connectivity index (χ3v) is 6.51. The average molecular weight is 461 g/mol. The van der Waals surface area contributed by atoms with E-state index in [1.807, 2.05) is 22.9 Å². The van der Waals surface area contributed by atoms with Crippen molar-refractivity contribution >= 4 is 27.6 Å². The van der Waals surface area contributed by atoms with E-state index in [4.69, 9.17) is 15.6 Å². The topological polar surface area (TPSA) is 102 Å². The summed E-state index contributed by atoms with van der Waals surface area (Å²) in [6.45, 7) is 6.74. The Bertz CT molecular complexity index is 1320. The third-order valence-electron chi connectivity index (χ3n) is 6.51. The molecule has 0 saturated carbocycles. The van der Waals surface area contributed by atoms with E-state index < -0.39 is 5.60 Å². The molecule has 2 aromatic carbocycles. The maximum absolute atomic E-state index is 9.92. The molecule has 34 heavy (non-hydrogen) atoms. The molecule has 3 heterocycles. The second kappa shape index (κ2) is 8.85. The van der Waals surface area contributed by atoms with E-state index in [2.05, 4.69) is 40.1 Å². The van der Waals surface area contributed by atoms with Gasteiger partial charge in [-0.15, -0.1) is 0 Å². The van der Waals surface area contributed by atoms with Crippen molar-refractivity contribution in [1.29, 1.82) is 0 Å². The van der Waals surface area contributed by atoms with Gasteiger partial charge >= 0.3 is 0 Å². The summed E-state index contributed by atoms with van der Waals surface area (Å²) >= 11 is 0. The van der Waals surface area contributed by atoms with Gasteiger partial charge in [-0.2, -0.15) is 5.10 Å². The summed E-state index contributed by atoms with van der Waals surface area (Å²) in [6, 6.07) is 12.2. The van der Waals surface area contributed by atoms with Crippen LogP contribution in [0, 0.1) is 5.92 Å². The highest BCUT2D eigenvalue weighted by atomic mass is 16.5. The largest absolute Gasteiger partial charge is 0.491 e. The van der Waals surface area contributed by atoms with Gasteiger partial charge in [0, 0.05) is 12.1 Å². The summed E-state index contributed by atoms with van der Waals surface area (Å²) in [5.41, 5.74) is 8.01. The Morgan fingerprint density at radius 2 is 1.82 bits per heavy atom. The fourth-order valence-electron chi connectivity index (χ4n) is 4.57. The number of likely N-dealkylation sites (tertiary alicyclic amines) is 1. The van der Waals surface area contributed by atoms with E-state index in [0.717, 1.165) is 71.3 Å². The van der Waals surface area contributed by atoms with Crippen molar-refractivity contribution in [2.24, 2.45) is 5.92 Å². The van der Waals surface area contributed by atoms with Crippen molar-refractivity contribution < 1.29 is 9.84 Å². The molecule has 0 unspecified atom stereocenters. The predicted molar refractivity (Wildman–Crippen MR) is 135 cm³/mol. The Kier molecular flexibility index (Phi) is 5.87. The fraction of sp³-hybridized carbons (Fsp3) is 0.423. The maximum Gasteiger partial charge on any atom is 0.163 e. The standard InChI is InChI=1S/C26H32N6O2/c1-26(2,33)15-34-21-7-6-18-12-20(5-4-19(18)13-21)23-22-24(27)28-16-29-25(22)32(30-23)14-17-8-10-31(3)11-9-17/h4-7,12-13,16-17,33H,8-11,14-15H2,1-3H3,(H2,27,28,29). The van der Waals surface area contributed by atoms with Crippen LogP contribution < -0.4 is 10.5 Å². The first-order chi connectivity index (χ1) is 16.3. The van der Waals surface area contributed by atoms with Crippen molar-refractivity contribution in [3.8, 4) is 17.0 Å². The summed E-state index contributed by atoms with van der Waals surface area (Å²) in [5, 5.41) is 17.8. The van der Waals surface area contributed by atoms with Gasteiger partial charge in [0.05, 0.1) is 11.0 Å². The Labute approximate surface area is 199 Å². The predicted octanol–water partition coefficient (Wildman–Crippen LogP) is 3.72. The van der Waals surface area contributed by atoms with Crippen LogP contribution in [0.4, 0.5) is 5.82 Å². The molecule has 1 fully saturated rings. The van der Waals surface area contributed by atoms with Crippen LogP contribution in [0.15, 0.2) is 42.7 Å². The number of nitrogens with two attached hydrogens (primary N) is 1. The molecule has 5 rings (SSSR count). The Hall–Kier alpha value is -3.23. The number of aromatic nitrogens is 4. The minimum absolute atomic E-state index is 0.233. The van der Waals surface area contributed by atoms with E-state index in [0.29, 0.717) is 11.7 Å². The second-order valence-corrected chi connectivity index (χ2v) is 10.1. The number of ether oxygens (including phenoxy) is 1. The summed E-state index contributed by atoms with van der Waals surface area (Å²) < 4.78 is 7.76. The quantitative estimate of drug-likeness (QED) is 0.452. The molecule has 1 aliphatic rings. The van der Waals surface area contributed by atoms with Gasteiger partial charge in [-0.1, -0.05) is 18.2 Å². The number of benzene rings is 2. The molecule has 0 amide bonds. The van der Waals surface area contributed by atoms with Crippen molar-refractivity contribution in [3.05, 3.63) is 42.7 Å². The lowest BCUT2D eigenvalue weighted by Crippen LogP contribution is -2.32. The van der Waals surface area contributed by atoms with Gasteiger partial charge in [0.25, 0.3) is 0 Å². The van der Waals surface area contributed by atoms with Crippen molar-refractivity contribution in [3.63, 3.8) is 0 Å². The van der Waals surface area contributed by atoms with Crippen molar-refractivity contribution in [1.82, 2.24) is 24.6 Å². The van der Waals surface area contributed by atoms with Gasteiger partial charge in [-0.05, 0) is 81.7 Å². The summed E-state index contributed by atoms with van der Waals surface area (Å²) in [4.78, 5) is 11.2. The van der Waals surface area contributed by atoms with Crippen LogP contribution in [0.2, 0.25) is 0 Å². The van der Waals surface area contributed by atoms with Gasteiger partial charge in [0.15, 0.2) is 5.65 Å². The normalized spacial score (nSPS) is 15.9. The molecule has 2 aromatic heterocycles. The van der Waals surface area contributed by atoms with Gasteiger partial charge in [-0.3, -0.25) is 0 Å². The smallest absolute Gasteiger partial charge is 0.163 e. The number of rotatable bonds is 6. The number of hydrogen-bond acceptors (Lipinski definition) is 7. The van der Waals surface area contributed by atoms with Crippen LogP contribution in [0.5, 0.6) is 5.75 Å². The highest BCUT2D eigenvalue weighted by Crippen LogP contribution is 2.33. The molecule has 1 saturated heterocycles. The maximum atomic E-state index is 9.92. The first-order valence-electron chi connectivity index (χ1n) is 11.8. The zero-order valence-corrected chi connectivity index (χ0v) is 20.0. The first kappa shape index (κ1) is 22.6. The summed E-state index contributed by atoms with van der Waals surface area (Å²) in [5.74, 6) is 1.75. The second-order valence-electron chi connectivity index (χ2n) is 10.1. The minimum Gasteiger partial charge on any atom is -0.491 e. The molecule has 0 aliphatic carbocycles. The monoisotopic (exact) mass is 460 g/mol. The molecule has 178 valence electrons. The van der Waals surface area contributed by atoms with Crippen molar-refractivity contribution in [2.45, 2.75) is 38.8 Å². The van der Waals surface area contributed by atoms with E-state index in [1.54, 1.807) is 13.8 Å². The lowest BCUT2D eigenvalue weighted by Gasteiger charge is -2.28. The number of nitrogens with zero attached hydrogens (tertiary/aromatic N) is 5. The SMILES string of the molecule is CN1CCC(Cn2nc(-c3ccc4cc(OCC(C)(C)O)ccc4c3)c3c(N)ncnc32)CC1. The molecule has 0 spiro atoms.